The molecule has 0 aliphatic carbocycles. The van der Waals surface area contributed by atoms with Gasteiger partial charge in [0.1, 0.15) is 5.78 Å². The Morgan fingerprint density at radius 3 is 2.63 bits per heavy atom. The number of aromatic nitrogens is 3. The number of carbonyl (C=O) groups excluding carboxylic acids is 1. The van der Waals surface area contributed by atoms with Crippen LogP contribution in [0.5, 0.6) is 0 Å². The van der Waals surface area contributed by atoms with E-state index in [2.05, 4.69) is 26.0 Å². The molecule has 0 bridgehead atoms. The quantitative estimate of drug-likeness (QED) is 0.850. The highest BCUT2D eigenvalue weighted by molar-refractivity contribution is 9.10. The predicted octanol–water partition coefficient (Wildman–Crippen LogP) is 2.72. The SMILES string of the molecule is CCn1nc(C)c(Br)c1CC(=O)Cc1ccncc1. The monoisotopic (exact) mass is 321 g/mol. The molecule has 0 amide bonds. The van der Waals surface area contributed by atoms with Gasteiger partial charge in [0, 0.05) is 31.8 Å². The van der Waals surface area contributed by atoms with Crippen LogP contribution in [0, 0.1) is 6.92 Å². The van der Waals surface area contributed by atoms with Gasteiger partial charge in [-0.05, 0) is 47.5 Å². The van der Waals surface area contributed by atoms with Gasteiger partial charge in [-0.25, -0.2) is 0 Å². The van der Waals surface area contributed by atoms with Crippen molar-refractivity contribution in [1.82, 2.24) is 14.8 Å². The third kappa shape index (κ3) is 3.29. The van der Waals surface area contributed by atoms with Crippen molar-refractivity contribution in [3.8, 4) is 0 Å². The van der Waals surface area contributed by atoms with E-state index in [1.807, 2.05) is 30.7 Å². The Kier molecular flexibility index (Phi) is 4.47. The average Bonchev–Trinajstić information content (AvgIpc) is 2.67. The van der Waals surface area contributed by atoms with Gasteiger partial charge < -0.3 is 0 Å². The largest absolute Gasteiger partial charge is 0.299 e. The first-order chi connectivity index (χ1) is 9.11. The summed E-state index contributed by atoms with van der Waals surface area (Å²) in [5.41, 5.74) is 2.88. The summed E-state index contributed by atoms with van der Waals surface area (Å²) in [6.45, 7) is 4.73. The zero-order valence-corrected chi connectivity index (χ0v) is 12.6. The maximum absolute atomic E-state index is 12.1. The highest BCUT2D eigenvalue weighted by Crippen LogP contribution is 2.22. The molecule has 5 heteroatoms. The molecule has 0 unspecified atom stereocenters. The number of pyridine rings is 1. The molecule has 0 aliphatic rings. The van der Waals surface area contributed by atoms with Gasteiger partial charge in [-0.3, -0.25) is 14.5 Å². The molecule has 0 atom stereocenters. The van der Waals surface area contributed by atoms with Crippen molar-refractivity contribution in [3.05, 3.63) is 46.0 Å². The third-order valence-corrected chi connectivity index (χ3v) is 4.00. The van der Waals surface area contributed by atoms with Gasteiger partial charge in [-0.15, -0.1) is 0 Å². The molecule has 2 rings (SSSR count). The first kappa shape index (κ1) is 13.9. The molecular formula is C14H16BrN3O. The van der Waals surface area contributed by atoms with Crippen molar-refractivity contribution in [2.75, 3.05) is 0 Å². The lowest BCUT2D eigenvalue weighted by molar-refractivity contribution is -0.117. The third-order valence-electron chi connectivity index (χ3n) is 2.97. The fourth-order valence-corrected chi connectivity index (χ4v) is 2.44. The summed E-state index contributed by atoms with van der Waals surface area (Å²) in [5.74, 6) is 0.182. The predicted molar refractivity (Wildman–Crippen MR) is 77.0 cm³/mol. The minimum Gasteiger partial charge on any atom is -0.299 e. The van der Waals surface area contributed by atoms with E-state index in [0.717, 1.165) is 28.0 Å². The van der Waals surface area contributed by atoms with E-state index in [4.69, 9.17) is 0 Å². The number of nitrogens with zero attached hydrogens (tertiary/aromatic N) is 3. The summed E-state index contributed by atoms with van der Waals surface area (Å²) in [4.78, 5) is 16.1. The lowest BCUT2D eigenvalue weighted by atomic mass is 10.1. The minimum absolute atomic E-state index is 0.182. The Bertz CT molecular complexity index is 578. The van der Waals surface area contributed by atoms with Crippen LogP contribution in [0.2, 0.25) is 0 Å². The lowest BCUT2D eigenvalue weighted by Crippen LogP contribution is -2.12. The Morgan fingerprint density at radius 1 is 1.32 bits per heavy atom. The van der Waals surface area contributed by atoms with Gasteiger partial charge in [0.15, 0.2) is 0 Å². The number of aryl methyl sites for hydroxylation is 2. The van der Waals surface area contributed by atoms with Crippen molar-refractivity contribution >= 4 is 21.7 Å². The number of ketones is 1. The van der Waals surface area contributed by atoms with E-state index in [-0.39, 0.29) is 5.78 Å². The van der Waals surface area contributed by atoms with Crippen molar-refractivity contribution < 1.29 is 4.79 Å². The number of hydrogen-bond donors (Lipinski definition) is 0. The lowest BCUT2D eigenvalue weighted by Gasteiger charge is -2.05. The second kappa shape index (κ2) is 6.10. The van der Waals surface area contributed by atoms with Crippen LogP contribution in [0.1, 0.15) is 23.9 Å². The molecule has 0 aromatic carbocycles. The number of hydrogen-bond acceptors (Lipinski definition) is 3. The van der Waals surface area contributed by atoms with Crippen molar-refractivity contribution in [3.63, 3.8) is 0 Å². The maximum Gasteiger partial charge on any atom is 0.143 e. The summed E-state index contributed by atoms with van der Waals surface area (Å²) >= 11 is 3.51. The van der Waals surface area contributed by atoms with Crippen LogP contribution >= 0.6 is 15.9 Å². The topological polar surface area (TPSA) is 47.8 Å². The standard InChI is InChI=1S/C14H16BrN3O/c1-3-18-13(14(15)10(2)17-18)9-12(19)8-11-4-6-16-7-5-11/h4-7H,3,8-9H2,1-2H3. The number of Topliss-reactive ketones (excluding diaryl/α,β-unsaturated/α-hetero) is 1. The molecule has 2 heterocycles. The van der Waals surface area contributed by atoms with E-state index in [0.29, 0.717) is 12.8 Å². The Morgan fingerprint density at radius 2 is 2.00 bits per heavy atom. The van der Waals surface area contributed by atoms with Gasteiger partial charge in [0.2, 0.25) is 0 Å². The normalized spacial score (nSPS) is 10.7. The average molecular weight is 322 g/mol. The van der Waals surface area contributed by atoms with E-state index in [1.165, 1.54) is 0 Å². The van der Waals surface area contributed by atoms with Crippen molar-refractivity contribution in [2.24, 2.45) is 0 Å². The fourth-order valence-electron chi connectivity index (χ4n) is 2.02. The van der Waals surface area contributed by atoms with Gasteiger partial charge in [0.25, 0.3) is 0 Å². The van der Waals surface area contributed by atoms with Crippen LogP contribution in [0.4, 0.5) is 0 Å². The van der Waals surface area contributed by atoms with Gasteiger partial charge in [-0.2, -0.15) is 5.10 Å². The van der Waals surface area contributed by atoms with Gasteiger partial charge >= 0.3 is 0 Å². The molecule has 0 saturated carbocycles. The molecular weight excluding hydrogens is 306 g/mol. The summed E-state index contributed by atoms with van der Waals surface area (Å²) < 4.78 is 2.82. The van der Waals surface area contributed by atoms with Crippen LogP contribution < -0.4 is 0 Å². The van der Waals surface area contributed by atoms with Crippen LogP contribution in [0.3, 0.4) is 0 Å². The second-order valence-corrected chi connectivity index (χ2v) is 5.20. The number of rotatable bonds is 5. The summed E-state index contributed by atoms with van der Waals surface area (Å²) in [7, 11) is 0. The summed E-state index contributed by atoms with van der Waals surface area (Å²) in [6.07, 6.45) is 4.25. The maximum atomic E-state index is 12.1. The molecule has 2 aromatic heterocycles. The van der Waals surface area contributed by atoms with Crippen LogP contribution in [-0.2, 0) is 24.2 Å². The Hall–Kier alpha value is -1.49. The van der Waals surface area contributed by atoms with Crippen molar-refractivity contribution in [1.29, 1.82) is 0 Å². The molecule has 100 valence electrons. The first-order valence-electron chi connectivity index (χ1n) is 6.24. The second-order valence-electron chi connectivity index (χ2n) is 4.41. The summed E-state index contributed by atoms with van der Waals surface area (Å²) in [6, 6.07) is 3.74. The Balaban J connectivity index is 2.11. The fraction of sp³-hybridized carbons (Fsp3) is 0.357. The molecule has 0 saturated heterocycles. The molecule has 0 spiro atoms. The smallest absolute Gasteiger partial charge is 0.143 e. The molecule has 0 N–H and O–H groups in total. The van der Waals surface area contributed by atoms with Gasteiger partial charge in [0.05, 0.1) is 15.9 Å². The summed E-state index contributed by atoms with van der Waals surface area (Å²) in [5, 5.41) is 4.40. The molecule has 0 radical (unpaired) electrons. The van der Waals surface area contributed by atoms with Gasteiger partial charge in [-0.1, -0.05) is 0 Å². The molecule has 4 nitrogen and oxygen atoms in total. The van der Waals surface area contributed by atoms with E-state index >= 15 is 0 Å². The number of halogens is 1. The van der Waals surface area contributed by atoms with Crippen molar-refractivity contribution in [2.45, 2.75) is 33.2 Å². The Labute approximate surface area is 121 Å². The highest BCUT2D eigenvalue weighted by Gasteiger charge is 2.15. The van der Waals surface area contributed by atoms with E-state index < -0.39 is 0 Å². The molecule has 2 aromatic rings. The van der Waals surface area contributed by atoms with Crippen LogP contribution in [-0.4, -0.2) is 20.5 Å². The number of carbonyl (C=O) groups is 1. The molecule has 19 heavy (non-hydrogen) atoms. The highest BCUT2D eigenvalue weighted by atomic mass is 79.9. The van der Waals surface area contributed by atoms with E-state index in [9.17, 15) is 4.79 Å². The van der Waals surface area contributed by atoms with E-state index in [1.54, 1.807) is 12.4 Å². The first-order valence-corrected chi connectivity index (χ1v) is 7.03. The van der Waals surface area contributed by atoms with Crippen LogP contribution in [0.25, 0.3) is 0 Å². The minimum atomic E-state index is 0.182. The molecule has 0 aliphatic heterocycles. The zero-order chi connectivity index (χ0) is 13.8. The molecule has 0 fully saturated rings. The zero-order valence-electron chi connectivity index (χ0n) is 11.1. The van der Waals surface area contributed by atoms with Crippen LogP contribution in [0.15, 0.2) is 29.0 Å².